The van der Waals surface area contributed by atoms with E-state index in [2.05, 4.69) is 14.1 Å². The molecule has 3 fully saturated rings. The van der Waals surface area contributed by atoms with E-state index >= 15 is 0 Å². The Labute approximate surface area is 150 Å². The molecule has 0 amide bonds. The molecule has 5 atom stereocenters. The fourth-order valence-electron chi connectivity index (χ4n) is 3.94. The van der Waals surface area contributed by atoms with Crippen LogP contribution in [0, 0.1) is 0 Å². The van der Waals surface area contributed by atoms with Crippen molar-refractivity contribution in [1.82, 2.24) is 0 Å². The molecule has 0 aliphatic carbocycles. The van der Waals surface area contributed by atoms with Crippen LogP contribution in [0.3, 0.4) is 0 Å². The molecule has 3 rings (SSSR count). The third kappa shape index (κ3) is 4.35. The van der Waals surface area contributed by atoms with Crippen molar-refractivity contribution in [3.63, 3.8) is 0 Å². The van der Waals surface area contributed by atoms with Crippen LogP contribution in [0.1, 0.15) is 47.5 Å². The fourth-order valence-corrected chi connectivity index (χ4v) is 3.94. The quantitative estimate of drug-likeness (QED) is 0.703. The maximum atomic E-state index is 6.16. The van der Waals surface area contributed by atoms with Gasteiger partial charge in [0.25, 0.3) is 0 Å². The molecule has 146 valence electrons. The second-order valence-corrected chi connectivity index (χ2v) is 8.67. The van der Waals surface area contributed by atoms with Crippen LogP contribution in [0.4, 0.5) is 0 Å². The van der Waals surface area contributed by atoms with Crippen molar-refractivity contribution < 1.29 is 33.3 Å². The van der Waals surface area contributed by atoms with Crippen molar-refractivity contribution in [3.8, 4) is 0 Å². The van der Waals surface area contributed by atoms with E-state index in [4.69, 9.17) is 28.4 Å². The molecule has 3 aliphatic heterocycles. The standard InChI is InChI=1S/C18H33NO6/c1-16(2)22-13-11-12(21-15(13)24-16)14-18(5,25-17(3,4)23-14)20-10-8-9-19(6)7/h12-15H,8-11H2,1-7H3/p+1. The molecule has 3 aliphatic rings. The van der Waals surface area contributed by atoms with E-state index in [9.17, 15) is 0 Å². The van der Waals surface area contributed by atoms with E-state index in [1.807, 2.05) is 34.6 Å². The highest BCUT2D eigenvalue weighted by Gasteiger charge is 2.59. The Kier molecular flexibility index (Phi) is 5.23. The van der Waals surface area contributed by atoms with Gasteiger partial charge in [-0.05, 0) is 34.6 Å². The number of quaternary nitrogens is 1. The minimum atomic E-state index is -0.843. The highest BCUT2D eigenvalue weighted by Crippen LogP contribution is 2.45. The lowest BCUT2D eigenvalue weighted by Gasteiger charge is -2.32. The predicted molar refractivity (Wildman–Crippen MR) is 90.0 cm³/mol. The van der Waals surface area contributed by atoms with Crippen LogP contribution in [0.2, 0.25) is 0 Å². The molecule has 5 unspecified atom stereocenters. The van der Waals surface area contributed by atoms with Gasteiger partial charge in [0.2, 0.25) is 0 Å². The van der Waals surface area contributed by atoms with Gasteiger partial charge in [-0.25, -0.2) is 0 Å². The maximum absolute atomic E-state index is 6.16. The third-order valence-electron chi connectivity index (χ3n) is 4.84. The first-order valence-electron chi connectivity index (χ1n) is 9.32. The second-order valence-electron chi connectivity index (χ2n) is 8.67. The van der Waals surface area contributed by atoms with E-state index in [0.717, 1.165) is 13.0 Å². The van der Waals surface area contributed by atoms with Crippen LogP contribution in [0.15, 0.2) is 0 Å². The van der Waals surface area contributed by atoms with Crippen LogP contribution in [0.5, 0.6) is 0 Å². The molecule has 3 heterocycles. The molecular formula is C18H34NO6+. The molecule has 0 bridgehead atoms. The van der Waals surface area contributed by atoms with Gasteiger partial charge in [-0.2, -0.15) is 0 Å². The molecule has 7 nitrogen and oxygen atoms in total. The Balaban J connectivity index is 1.62. The minimum absolute atomic E-state index is 0.0751. The molecule has 0 aromatic rings. The van der Waals surface area contributed by atoms with Gasteiger partial charge in [0.1, 0.15) is 12.2 Å². The molecule has 0 aromatic carbocycles. The maximum Gasteiger partial charge on any atom is 0.197 e. The number of hydrogen-bond acceptors (Lipinski definition) is 6. The summed E-state index contributed by atoms with van der Waals surface area (Å²) in [6.07, 6.45) is 0.736. The smallest absolute Gasteiger partial charge is 0.197 e. The second kappa shape index (κ2) is 6.71. The van der Waals surface area contributed by atoms with Crippen molar-refractivity contribution in [1.29, 1.82) is 0 Å². The van der Waals surface area contributed by atoms with Gasteiger partial charge >= 0.3 is 0 Å². The van der Waals surface area contributed by atoms with Gasteiger partial charge in [0.15, 0.2) is 23.7 Å². The highest BCUT2D eigenvalue weighted by molar-refractivity contribution is 4.97. The summed E-state index contributed by atoms with van der Waals surface area (Å²) in [5.74, 6) is -2.15. The average molecular weight is 360 g/mol. The van der Waals surface area contributed by atoms with Crippen LogP contribution >= 0.6 is 0 Å². The molecule has 1 N–H and O–H groups in total. The van der Waals surface area contributed by atoms with Gasteiger partial charge < -0.3 is 33.3 Å². The zero-order chi connectivity index (χ0) is 18.5. The summed E-state index contributed by atoms with van der Waals surface area (Å²) in [5.41, 5.74) is 0. The van der Waals surface area contributed by atoms with Gasteiger partial charge in [-0.1, -0.05) is 0 Å². The summed E-state index contributed by atoms with van der Waals surface area (Å²) in [7, 11) is 4.27. The number of nitrogens with one attached hydrogen (secondary N) is 1. The summed E-state index contributed by atoms with van der Waals surface area (Å²) < 4.78 is 36.3. The zero-order valence-corrected chi connectivity index (χ0v) is 16.6. The first-order chi connectivity index (χ1) is 11.5. The van der Waals surface area contributed by atoms with Gasteiger partial charge in [-0.3, -0.25) is 0 Å². The molecule has 25 heavy (non-hydrogen) atoms. The van der Waals surface area contributed by atoms with Gasteiger partial charge in [0, 0.05) is 12.8 Å². The van der Waals surface area contributed by atoms with E-state index in [-0.39, 0.29) is 24.6 Å². The lowest BCUT2D eigenvalue weighted by molar-refractivity contribution is -0.858. The summed E-state index contributed by atoms with van der Waals surface area (Å²) in [6, 6.07) is 0. The van der Waals surface area contributed by atoms with Crippen LogP contribution < -0.4 is 4.90 Å². The summed E-state index contributed by atoms with van der Waals surface area (Å²) in [5, 5.41) is 0. The van der Waals surface area contributed by atoms with Crippen molar-refractivity contribution in [3.05, 3.63) is 0 Å². The molecular weight excluding hydrogens is 326 g/mol. The number of fused-ring (bicyclic) bond motifs is 1. The van der Waals surface area contributed by atoms with Crippen molar-refractivity contribution in [2.75, 3.05) is 27.2 Å². The Morgan fingerprint density at radius 1 is 0.960 bits per heavy atom. The lowest BCUT2D eigenvalue weighted by Crippen LogP contribution is -3.05. The monoisotopic (exact) mass is 360 g/mol. The van der Waals surface area contributed by atoms with Crippen molar-refractivity contribution in [2.24, 2.45) is 0 Å². The van der Waals surface area contributed by atoms with Crippen LogP contribution in [-0.4, -0.2) is 69.2 Å². The summed E-state index contributed by atoms with van der Waals surface area (Å²) in [4.78, 5) is 1.40. The number of rotatable bonds is 6. The number of ether oxygens (including phenoxy) is 6. The predicted octanol–water partition coefficient (Wildman–Crippen LogP) is 0.672. The van der Waals surface area contributed by atoms with Gasteiger partial charge in [0.05, 0.1) is 33.4 Å². The average Bonchev–Trinajstić information content (AvgIpc) is 3.01. The van der Waals surface area contributed by atoms with E-state index in [1.54, 1.807) is 0 Å². The van der Waals surface area contributed by atoms with Gasteiger partial charge in [-0.15, -0.1) is 0 Å². The van der Waals surface area contributed by atoms with E-state index in [1.165, 1.54) is 4.90 Å². The topological polar surface area (TPSA) is 59.8 Å². The zero-order valence-electron chi connectivity index (χ0n) is 16.6. The van der Waals surface area contributed by atoms with Crippen molar-refractivity contribution >= 4 is 0 Å². The summed E-state index contributed by atoms with van der Waals surface area (Å²) in [6.45, 7) is 11.2. The molecule has 0 saturated carbocycles. The SMILES string of the molecule is C[NH+](C)CCCOC1(C)OC(C)(C)OC1C1CC2OC(C)(C)OC2O1. The highest BCUT2D eigenvalue weighted by atomic mass is 16.9. The largest absolute Gasteiger partial charge is 0.347 e. The van der Waals surface area contributed by atoms with Crippen molar-refractivity contribution in [2.45, 2.75) is 89.4 Å². The van der Waals surface area contributed by atoms with E-state index < -0.39 is 17.4 Å². The Morgan fingerprint density at radius 3 is 2.32 bits per heavy atom. The third-order valence-corrected chi connectivity index (χ3v) is 4.84. The molecule has 3 saturated heterocycles. The first kappa shape index (κ1) is 19.5. The lowest BCUT2D eigenvalue weighted by atomic mass is 10.0. The molecule has 7 heteroatoms. The molecule has 0 aromatic heterocycles. The normalized spacial score (nSPS) is 42.2. The van der Waals surface area contributed by atoms with E-state index in [0.29, 0.717) is 13.0 Å². The summed E-state index contributed by atoms with van der Waals surface area (Å²) >= 11 is 0. The minimum Gasteiger partial charge on any atom is -0.347 e. The Bertz CT molecular complexity index is 466. The Hall–Kier alpha value is -0.280. The van der Waals surface area contributed by atoms with Crippen LogP contribution in [0.25, 0.3) is 0 Å². The fraction of sp³-hybridized carbons (Fsp3) is 1.00. The Morgan fingerprint density at radius 2 is 1.68 bits per heavy atom. The van der Waals surface area contributed by atoms with Crippen LogP contribution in [-0.2, 0) is 28.4 Å². The molecule has 0 radical (unpaired) electrons. The first-order valence-corrected chi connectivity index (χ1v) is 9.32. The number of hydrogen-bond donors (Lipinski definition) is 1. The molecule has 0 spiro atoms.